The van der Waals surface area contributed by atoms with Crippen molar-refractivity contribution in [3.63, 3.8) is 0 Å². The van der Waals surface area contributed by atoms with Crippen LogP contribution in [0.1, 0.15) is 5.56 Å². The lowest BCUT2D eigenvalue weighted by molar-refractivity contribution is 0.570. The van der Waals surface area contributed by atoms with E-state index < -0.39 is 20.7 Å². The van der Waals surface area contributed by atoms with Gasteiger partial charge < -0.3 is 5.73 Å². The third-order valence-electron chi connectivity index (χ3n) is 2.85. The lowest BCUT2D eigenvalue weighted by Crippen LogP contribution is -2.16. The maximum atomic E-state index is 13.9. The van der Waals surface area contributed by atoms with E-state index in [9.17, 15) is 12.8 Å². The number of anilines is 2. The number of halogens is 3. The number of benzene rings is 2. The van der Waals surface area contributed by atoms with Gasteiger partial charge in [-0.2, -0.15) is 0 Å². The van der Waals surface area contributed by atoms with Gasteiger partial charge in [0.2, 0.25) is 0 Å². The minimum atomic E-state index is -4.07. The number of sulfonamides is 1. The highest BCUT2D eigenvalue weighted by atomic mass is 79.9. The maximum absolute atomic E-state index is 13.9. The SMILES string of the molecule is Cc1c(Br)cccc1NS(=O)(=O)c1cc(N)c(Br)cc1F. The summed E-state index contributed by atoms with van der Waals surface area (Å²) in [6, 6.07) is 7.16. The molecule has 0 unspecified atom stereocenters. The average Bonchev–Trinajstić information content (AvgIpc) is 2.39. The molecule has 4 nitrogen and oxygen atoms in total. The van der Waals surface area contributed by atoms with Crippen molar-refractivity contribution in [2.24, 2.45) is 0 Å². The van der Waals surface area contributed by atoms with E-state index >= 15 is 0 Å². The van der Waals surface area contributed by atoms with E-state index in [0.717, 1.165) is 16.6 Å². The van der Waals surface area contributed by atoms with Crippen LogP contribution in [0, 0.1) is 12.7 Å². The maximum Gasteiger partial charge on any atom is 0.264 e. The van der Waals surface area contributed by atoms with Gasteiger partial charge in [-0.05, 0) is 52.7 Å². The molecule has 0 heterocycles. The number of hydrogen-bond acceptors (Lipinski definition) is 3. The highest BCUT2D eigenvalue weighted by molar-refractivity contribution is 9.10. The van der Waals surface area contributed by atoms with Crippen LogP contribution in [0.2, 0.25) is 0 Å². The molecule has 0 bridgehead atoms. The molecule has 2 rings (SSSR count). The molecule has 0 saturated carbocycles. The van der Waals surface area contributed by atoms with Crippen LogP contribution in [-0.4, -0.2) is 8.42 Å². The second-order valence-corrected chi connectivity index (χ2v) is 7.68. The zero-order chi connectivity index (χ0) is 15.8. The van der Waals surface area contributed by atoms with Gasteiger partial charge in [0.15, 0.2) is 0 Å². The molecule has 0 fully saturated rings. The summed E-state index contributed by atoms with van der Waals surface area (Å²) in [4.78, 5) is -0.498. The van der Waals surface area contributed by atoms with Gasteiger partial charge in [0.25, 0.3) is 10.0 Å². The summed E-state index contributed by atoms with van der Waals surface area (Å²) in [5.74, 6) is -0.878. The standard InChI is InChI=1S/C13H11Br2FN2O2S/c1-7-8(14)3-2-4-12(7)18-21(19,20)13-6-11(17)9(15)5-10(13)16/h2-6,18H,17H2,1H3. The van der Waals surface area contributed by atoms with Gasteiger partial charge in [-0.1, -0.05) is 22.0 Å². The first-order valence-corrected chi connectivity index (χ1v) is 8.82. The minimum Gasteiger partial charge on any atom is -0.398 e. The van der Waals surface area contributed by atoms with Crippen molar-refractivity contribution in [3.05, 3.63) is 50.7 Å². The van der Waals surface area contributed by atoms with Gasteiger partial charge in [0.1, 0.15) is 10.7 Å². The first-order chi connectivity index (χ1) is 9.72. The van der Waals surface area contributed by atoms with Gasteiger partial charge in [-0.3, -0.25) is 4.72 Å². The molecule has 2 aromatic rings. The van der Waals surface area contributed by atoms with E-state index in [1.54, 1.807) is 25.1 Å². The topological polar surface area (TPSA) is 72.2 Å². The molecular weight excluding hydrogens is 427 g/mol. The summed E-state index contributed by atoms with van der Waals surface area (Å²) in [7, 11) is -4.07. The Morgan fingerprint density at radius 1 is 1.19 bits per heavy atom. The second kappa shape index (κ2) is 5.94. The Balaban J connectivity index is 2.48. The van der Waals surface area contributed by atoms with Gasteiger partial charge >= 0.3 is 0 Å². The molecular formula is C13H11Br2FN2O2S. The zero-order valence-electron chi connectivity index (χ0n) is 10.8. The Bertz CT molecular complexity index is 810. The number of nitrogens with two attached hydrogens (primary N) is 1. The number of nitrogens with one attached hydrogen (secondary N) is 1. The molecule has 0 amide bonds. The Kier molecular flexibility index (Phi) is 4.60. The lowest BCUT2D eigenvalue weighted by Gasteiger charge is -2.13. The molecule has 0 aromatic heterocycles. The van der Waals surface area contributed by atoms with Crippen LogP contribution in [0.3, 0.4) is 0 Å². The fourth-order valence-electron chi connectivity index (χ4n) is 1.67. The number of rotatable bonds is 3. The van der Waals surface area contributed by atoms with E-state index in [1.807, 2.05) is 0 Å². The Hall–Kier alpha value is -1.12. The number of hydrogen-bond donors (Lipinski definition) is 2. The second-order valence-electron chi connectivity index (χ2n) is 4.32. The molecule has 112 valence electrons. The third-order valence-corrected chi connectivity index (χ3v) is 5.78. The van der Waals surface area contributed by atoms with Gasteiger partial charge in [-0.15, -0.1) is 0 Å². The lowest BCUT2D eigenvalue weighted by atomic mass is 10.2. The van der Waals surface area contributed by atoms with E-state index in [4.69, 9.17) is 5.73 Å². The summed E-state index contributed by atoms with van der Waals surface area (Å²) in [5, 5.41) is 0. The Morgan fingerprint density at radius 2 is 1.86 bits per heavy atom. The minimum absolute atomic E-state index is 0.141. The summed E-state index contributed by atoms with van der Waals surface area (Å²) in [5.41, 5.74) is 6.83. The third kappa shape index (κ3) is 3.38. The van der Waals surface area contributed by atoms with Crippen LogP contribution in [0.25, 0.3) is 0 Å². The van der Waals surface area contributed by atoms with Crippen LogP contribution in [0.5, 0.6) is 0 Å². The van der Waals surface area contributed by atoms with Crippen LogP contribution < -0.4 is 10.5 Å². The molecule has 0 aliphatic rings. The highest BCUT2D eigenvalue weighted by Gasteiger charge is 2.21. The van der Waals surface area contributed by atoms with Crippen molar-refractivity contribution in [2.45, 2.75) is 11.8 Å². The Labute approximate surface area is 138 Å². The monoisotopic (exact) mass is 436 g/mol. The number of nitrogen functional groups attached to an aromatic ring is 1. The van der Waals surface area contributed by atoms with E-state index in [0.29, 0.717) is 15.7 Å². The van der Waals surface area contributed by atoms with Gasteiger partial charge in [-0.25, -0.2) is 12.8 Å². The molecule has 0 aliphatic carbocycles. The molecule has 8 heteroatoms. The predicted molar refractivity (Wildman–Crippen MR) is 88.2 cm³/mol. The van der Waals surface area contributed by atoms with Crippen molar-refractivity contribution in [1.29, 1.82) is 0 Å². The summed E-state index contributed by atoms with van der Waals surface area (Å²) in [6.07, 6.45) is 0. The van der Waals surface area contributed by atoms with Crippen molar-refractivity contribution >= 4 is 53.3 Å². The molecule has 0 saturated heterocycles. The molecule has 0 aliphatic heterocycles. The highest BCUT2D eigenvalue weighted by Crippen LogP contribution is 2.29. The van der Waals surface area contributed by atoms with Crippen molar-refractivity contribution < 1.29 is 12.8 Å². The van der Waals surface area contributed by atoms with Crippen LogP contribution >= 0.6 is 31.9 Å². The molecule has 0 atom stereocenters. The molecule has 2 aromatic carbocycles. The van der Waals surface area contributed by atoms with Crippen molar-refractivity contribution in [1.82, 2.24) is 0 Å². The van der Waals surface area contributed by atoms with Crippen LogP contribution in [0.15, 0.2) is 44.2 Å². The molecule has 0 radical (unpaired) electrons. The van der Waals surface area contributed by atoms with Crippen LogP contribution in [0.4, 0.5) is 15.8 Å². The molecule has 21 heavy (non-hydrogen) atoms. The predicted octanol–water partition coefficient (Wildman–Crippen LogP) is 4.04. The largest absolute Gasteiger partial charge is 0.398 e. The van der Waals surface area contributed by atoms with E-state index in [-0.39, 0.29) is 5.69 Å². The Morgan fingerprint density at radius 3 is 2.52 bits per heavy atom. The van der Waals surface area contributed by atoms with Crippen LogP contribution in [-0.2, 0) is 10.0 Å². The van der Waals surface area contributed by atoms with E-state index in [1.165, 1.54) is 0 Å². The molecule has 3 N–H and O–H groups in total. The summed E-state index contributed by atoms with van der Waals surface area (Å²) in [6.45, 7) is 1.74. The normalized spacial score (nSPS) is 11.4. The first-order valence-electron chi connectivity index (χ1n) is 5.75. The van der Waals surface area contributed by atoms with Gasteiger partial charge in [0, 0.05) is 14.6 Å². The summed E-state index contributed by atoms with van der Waals surface area (Å²) < 4.78 is 41.9. The quantitative estimate of drug-likeness (QED) is 0.711. The smallest absolute Gasteiger partial charge is 0.264 e. The fourth-order valence-corrected chi connectivity index (χ4v) is 3.57. The van der Waals surface area contributed by atoms with E-state index in [2.05, 4.69) is 36.6 Å². The van der Waals surface area contributed by atoms with Gasteiger partial charge in [0.05, 0.1) is 5.69 Å². The van der Waals surface area contributed by atoms with Crippen molar-refractivity contribution in [2.75, 3.05) is 10.5 Å². The first kappa shape index (κ1) is 16.3. The average molecular weight is 438 g/mol. The zero-order valence-corrected chi connectivity index (χ0v) is 14.8. The molecule has 0 spiro atoms. The van der Waals surface area contributed by atoms with Crippen molar-refractivity contribution in [3.8, 4) is 0 Å². The fraction of sp³-hybridized carbons (Fsp3) is 0.0769. The summed E-state index contributed by atoms with van der Waals surface area (Å²) >= 11 is 6.36.